The van der Waals surface area contributed by atoms with Crippen LogP contribution in [0.1, 0.15) is 58.4 Å². The van der Waals surface area contributed by atoms with E-state index in [-0.39, 0.29) is 5.54 Å². The Hall–Kier alpha value is -0.860. The maximum absolute atomic E-state index is 7.09. The fourth-order valence-electron chi connectivity index (χ4n) is 3.96. The molecule has 0 bridgehead atoms. The minimum absolute atomic E-state index is 0.226. The molecule has 1 saturated heterocycles. The van der Waals surface area contributed by atoms with Crippen molar-refractivity contribution in [1.29, 1.82) is 0 Å². The molecule has 2 heteroatoms. The van der Waals surface area contributed by atoms with E-state index in [1.165, 1.54) is 44.3 Å². The monoisotopic (exact) mass is 288 g/mol. The molecule has 0 spiro atoms. The van der Waals surface area contributed by atoms with Crippen LogP contribution in [0.3, 0.4) is 0 Å². The normalized spacial score (nSPS) is 20.6. The first kappa shape index (κ1) is 16.5. The van der Waals surface area contributed by atoms with Crippen LogP contribution < -0.4 is 5.73 Å². The highest BCUT2D eigenvalue weighted by Crippen LogP contribution is 2.36. The molecule has 2 nitrogen and oxygen atoms in total. The highest BCUT2D eigenvalue weighted by molar-refractivity contribution is 5.27. The van der Waals surface area contributed by atoms with Gasteiger partial charge in [-0.3, -0.25) is 4.90 Å². The van der Waals surface area contributed by atoms with Crippen LogP contribution in [0.25, 0.3) is 0 Å². The van der Waals surface area contributed by atoms with Crippen LogP contribution in [0.4, 0.5) is 0 Å². The molecular weight excluding hydrogens is 256 g/mol. The Bertz CT molecular complexity index is 409. The summed E-state index contributed by atoms with van der Waals surface area (Å²) in [6, 6.07) is 11.3. The van der Waals surface area contributed by atoms with Crippen LogP contribution in [-0.2, 0) is 5.54 Å². The quantitative estimate of drug-likeness (QED) is 0.816. The standard InChI is InChI=1S/C19H32N2/c1-4-10-18(21-13-8-9-14-21)19(20,15-16(2)3)17-11-6-5-7-12-17/h5-7,11-12,16,18H,4,8-10,13-15,20H2,1-3H3. The molecule has 1 aliphatic heterocycles. The summed E-state index contributed by atoms with van der Waals surface area (Å²) in [6.07, 6.45) is 6.10. The van der Waals surface area contributed by atoms with Crippen LogP contribution in [0, 0.1) is 5.92 Å². The third-order valence-corrected chi connectivity index (χ3v) is 4.80. The van der Waals surface area contributed by atoms with Crippen molar-refractivity contribution in [3.8, 4) is 0 Å². The summed E-state index contributed by atoms with van der Waals surface area (Å²) in [5.74, 6) is 0.608. The summed E-state index contributed by atoms with van der Waals surface area (Å²) in [6.45, 7) is 9.29. The molecule has 0 aliphatic carbocycles. The third-order valence-electron chi connectivity index (χ3n) is 4.80. The second-order valence-electron chi connectivity index (χ2n) is 7.05. The molecule has 118 valence electrons. The molecule has 1 fully saturated rings. The summed E-state index contributed by atoms with van der Waals surface area (Å²) < 4.78 is 0. The van der Waals surface area contributed by atoms with Crippen molar-refractivity contribution in [2.75, 3.05) is 13.1 Å². The van der Waals surface area contributed by atoms with Gasteiger partial charge in [0, 0.05) is 6.04 Å². The number of benzene rings is 1. The van der Waals surface area contributed by atoms with E-state index in [1.54, 1.807) is 0 Å². The van der Waals surface area contributed by atoms with Crippen molar-refractivity contribution in [3.05, 3.63) is 35.9 Å². The van der Waals surface area contributed by atoms with Crippen molar-refractivity contribution < 1.29 is 0 Å². The first-order valence-electron chi connectivity index (χ1n) is 8.66. The van der Waals surface area contributed by atoms with E-state index in [0.29, 0.717) is 12.0 Å². The SMILES string of the molecule is CCCC(N1CCCC1)C(N)(CC(C)C)c1ccccc1. The van der Waals surface area contributed by atoms with E-state index >= 15 is 0 Å². The molecule has 1 aromatic carbocycles. The van der Waals surface area contributed by atoms with Gasteiger partial charge < -0.3 is 5.73 Å². The zero-order chi connectivity index (χ0) is 15.3. The Morgan fingerprint density at radius 1 is 1.14 bits per heavy atom. The maximum Gasteiger partial charge on any atom is 0.0569 e. The molecular formula is C19H32N2. The Kier molecular flexibility index (Phi) is 5.83. The minimum Gasteiger partial charge on any atom is -0.320 e. The molecule has 2 rings (SSSR count). The fourth-order valence-corrected chi connectivity index (χ4v) is 3.96. The van der Waals surface area contributed by atoms with Gasteiger partial charge in [0.1, 0.15) is 0 Å². The first-order chi connectivity index (χ1) is 10.1. The number of nitrogens with two attached hydrogens (primary N) is 1. The highest BCUT2D eigenvalue weighted by Gasteiger charge is 2.40. The van der Waals surface area contributed by atoms with Crippen LogP contribution in [0.15, 0.2) is 30.3 Å². The minimum atomic E-state index is -0.226. The van der Waals surface area contributed by atoms with Gasteiger partial charge in [0.2, 0.25) is 0 Å². The van der Waals surface area contributed by atoms with E-state index in [1.807, 2.05) is 0 Å². The van der Waals surface area contributed by atoms with Crippen molar-refractivity contribution in [3.63, 3.8) is 0 Å². The van der Waals surface area contributed by atoms with Crippen molar-refractivity contribution in [1.82, 2.24) is 4.90 Å². The van der Waals surface area contributed by atoms with Gasteiger partial charge in [0.25, 0.3) is 0 Å². The topological polar surface area (TPSA) is 29.3 Å². The average molecular weight is 288 g/mol. The maximum atomic E-state index is 7.09. The van der Waals surface area contributed by atoms with E-state index in [0.717, 1.165) is 6.42 Å². The molecule has 2 atom stereocenters. The number of hydrogen-bond acceptors (Lipinski definition) is 2. The molecule has 0 aromatic heterocycles. The van der Waals surface area contributed by atoms with Crippen LogP contribution in [-0.4, -0.2) is 24.0 Å². The van der Waals surface area contributed by atoms with Gasteiger partial charge in [-0.25, -0.2) is 0 Å². The number of rotatable bonds is 7. The summed E-state index contributed by atoms with van der Waals surface area (Å²) in [4.78, 5) is 2.65. The molecule has 1 aromatic rings. The fraction of sp³-hybridized carbons (Fsp3) is 0.684. The molecule has 2 N–H and O–H groups in total. The van der Waals surface area contributed by atoms with Crippen LogP contribution in [0.5, 0.6) is 0 Å². The molecule has 0 radical (unpaired) electrons. The Morgan fingerprint density at radius 2 is 1.76 bits per heavy atom. The van der Waals surface area contributed by atoms with Crippen molar-refractivity contribution in [2.45, 2.75) is 64.5 Å². The second-order valence-corrected chi connectivity index (χ2v) is 7.05. The van der Waals surface area contributed by atoms with E-state index in [4.69, 9.17) is 5.73 Å². The molecule has 1 heterocycles. The van der Waals surface area contributed by atoms with Crippen LogP contribution >= 0.6 is 0 Å². The van der Waals surface area contributed by atoms with Gasteiger partial charge in [0.05, 0.1) is 5.54 Å². The molecule has 2 unspecified atom stereocenters. The molecule has 0 amide bonds. The Morgan fingerprint density at radius 3 is 2.29 bits per heavy atom. The van der Waals surface area contributed by atoms with Crippen molar-refractivity contribution >= 4 is 0 Å². The zero-order valence-corrected chi connectivity index (χ0v) is 14.0. The largest absolute Gasteiger partial charge is 0.320 e. The second kappa shape index (κ2) is 7.42. The Labute approximate surface area is 130 Å². The predicted octanol–water partition coefficient (Wildman–Crippen LogP) is 4.15. The number of hydrogen-bond donors (Lipinski definition) is 1. The third kappa shape index (κ3) is 3.87. The first-order valence-corrected chi connectivity index (χ1v) is 8.66. The van der Waals surface area contributed by atoms with E-state index in [2.05, 4.69) is 56.0 Å². The van der Waals surface area contributed by atoms with Gasteiger partial charge in [-0.15, -0.1) is 0 Å². The summed E-state index contributed by atoms with van der Waals surface area (Å²) in [7, 11) is 0. The van der Waals surface area contributed by atoms with Gasteiger partial charge in [-0.2, -0.15) is 0 Å². The summed E-state index contributed by atoms with van der Waals surface area (Å²) in [5, 5.41) is 0. The summed E-state index contributed by atoms with van der Waals surface area (Å²) in [5.41, 5.74) is 8.17. The van der Waals surface area contributed by atoms with Gasteiger partial charge in [0.15, 0.2) is 0 Å². The molecule has 21 heavy (non-hydrogen) atoms. The van der Waals surface area contributed by atoms with Gasteiger partial charge in [-0.05, 0) is 50.3 Å². The lowest BCUT2D eigenvalue weighted by atomic mass is 9.75. The lowest BCUT2D eigenvalue weighted by Crippen LogP contribution is -2.56. The van der Waals surface area contributed by atoms with Gasteiger partial charge >= 0.3 is 0 Å². The Balaban J connectivity index is 2.35. The predicted molar refractivity (Wildman–Crippen MR) is 91.3 cm³/mol. The van der Waals surface area contributed by atoms with Gasteiger partial charge in [-0.1, -0.05) is 57.5 Å². The zero-order valence-electron chi connectivity index (χ0n) is 14.0. The van der Waals surface area contributed by atoms with E-state index < -0.39 is 0 Å². The molecule has 0 saturated carbocycles. The summed E-state index contributed by atoms with van der Waals surface area (Å²) >= 11 is 0. The van der Waals surface area contributed by atoms with E-state index in [9.17, 15) is 0 Å². The number of nitrogens with zero attached hydrogens (tertiary/aromatic N) is 1. The highest BCUT2D eigenvalue weighted by atomic mass is 15.2. The smallest absolute Gasteiger partial charge is 0.0569 e. The lowest BCUT2D eigenvalue weighted by Gasteiger charge is -2.44. The van der Waals surface area contributed by atoms with Crippen LogP contribution in [0.2, 0.25) is 0 Å². The lowest BCUT2D eigenvalue weighted by molar-refractivity contribution is 0.117. The van der Waals surface area contributed by atoms with Crippen molar-refractivity contribution in [2.24, 2.45) is 11.7 Å². The number of likely N-dealkylation sites (tertiary alicyclic amines) is 1. The molecule has 1 aliphatic rings. The average Bonchev–Trinajstić information content (AvgIpc) is 2.98.